The van der Waals surface area contributed by atoms with E-state index in [1.165, 1.54) is 0 Å². The first-order chi connectivity index (χ1) is 4.72. The second-order valence-electron chi connectivity index (χ2n) is 2.06. The standard InChI is InChI=1S/C6H16N2O2/c1-4-10-8(5-6-9)7(2)3/h9H,4-6H2,1-3H3. The van der Waals surface area contributed by atoms with Crippen LogP contribution in [0.4, 0.5) is 0 Å². The minimum absolute atomic E-state index is 0.109. The summed E-state index contributed by atoms with van der Waals surface area (Å²) in [6.07, 6.45) is 0. The zero-order valence-electron chi connectivity index (χ0n) is 6.87. The van der Waals surface area contributed by atoms with Gasteiger partial charge in [0, 0.05) is 14.1 Å². The zero-order valence-corrected chi connectivity index (χ0v) is 6.87. The van der Waals surface area contributed by atoms with Crippen molar-refractivity contribution in [2.45, 2.75) is 6.92 Å². The van der Waals surface area contributed by atoms with Gasteiger partial charge in [-0.15, -0.1) is 5.17 Å². The van der Waals surface area contributed by atoms with Crippen LogP contribution in [0.1, 0.15) is 6.92 Å². The predicted octanol–water partition coefficient (Wildman–Crippen LogP) is -0.291. The predicted molar refractivity (Wildman–Crippen MR) is 39.1 cm³/mol. The van der Waals surface area contributed by atoms with Crippen molar-refractivity contribution in [2.75, 3.05) is 33.9 Å². The zero-order chi connectivity index (χ0) is 7.98. The summed E-state index contributed by atoms with van der Waals surface area (Å²) in [5, 5.41) is 12.0. The Balaban J connectivity index is 3.50. The molecule has 0 spiro atoms. The summed E-state index contributed by atoms with van der Waals surface area (Å²) in [5.41, 5.74) is 0. The summed E-state index contributed by atoms with van der Waals surface area (Å²) < 4.78 is 0. The molecule has 10 heavy (non-hydrogen) atoms. The molecule has 4 nitrogen and oxygen atoms in total. The van der Waals surface area contributed by atoms with Crippen LogP contribution in [0.2, 0.25) is 0 Å². The molecule has 0 aliphatic carbocycles. The summed E-state index contributed by atoms with van der Waals surface area (Å²) in [6.45, 7) is 3.16. The van der Waals surface area contributed by atoms with Crippen LogP contribution in [0.3, 0.4) is 0 Å². The molecule has 0 aromatic rings. The summed E-state index contributed by atoms with van der Waals surface area (Å²) in [7, 11) is 3.73. The van der Waals surface area contributed by atoms with Crippen molar-refractivity contribution in [2.24, 2.45) is 0 Å². The summed E-state index contributed by atoms with van der Waals surface area (Å²) >= 11 is 0. The van der Waals surface area contributed by atoms with Crippen LogP contribution < -0.4 is 0 Å². The fourth-order valence-electron chi connectivity index (χ4n) is 0.615. The van der Waals surface area contributed by atoms with Gasteiger partial charge < -0.3 is 5.11 Å². The molecule has 1 N–H and O–H groups in total. The average Bonchev–Trinajstić information content (AvgIpc) is 1.87. The largest absolute Gasteiger partial charge is 0.395 e. The van der Waals surface area contributed by atoms with Crippen LogP contribution >= 0.6 is 0 Å². The smallest absolute Gasteiger partial charge is 0.0673 e. The summed E-state index contributed by atoms with van der Waals surface area (Å²) in [5.74, 6) is 0. The number of aliphatic hydroxyl groups is 1. The highest BCUT2D eigenvalue weighted by Crippen LogP contribution is 1.90. The highest BCUT2D eigenvalue weighted by atomic mass is 16.7. The van der Waals surface area contributed by atoms with Crippen molar-refractivity contribution in [1.29, 1.82) is 0 Å². The number of hydrogen-bond donors (Lipinski definition) is 1. The average molecular weight is 148 g/mol. The van der Waals surface area contributed by atoms with Crippen LogP contribution in [0.15, 0.2) is 0 Å². The van der Waals surface area contributed by atoms with E-state index in [1.807, 2.05) is 21.0 Å². The fourth-order valence-corrected chi connectivity index (χ4v) is 0.615. The minimum Gasteiger partial charge on any atom is -0.395 e. The van der Waals surface area contributed by atoms with Crippen LogP contribution in [0.5, 0.6) is 0 Å². The number of hydrazine groups is 1. The lowest BCUT2D eigenvalue weighted by Gasteiger charge is -2.26. The Morgan fingerprint density at radius 1 is 1.40 bits per heavy atom. The van der Waals surface area contributed by atoms with Crippen molar-refractivity contribution < 1.29 is 9.94 Å². The molecule has 0 saturated carbocycles. The molecule has 0 atom stereocenters. The molecule has 0 amide bonds. The van der Waals surface area contributed by atoms with E-state index < -0.39 is 0 Å². The van der Waals surface area contributed by atoms with Gasteiger partial charge in [0.05, 0.1) is 19.8 Å². The Kier molecular flexibility index (Phi) is 5.52. The third-order valence-electron chi connectivity index (χ3n) is 1.02. The highest BCUT2D eigenvalue weighted by molar-refractivity contribution is 4.34. The molecule has 0 saturated heterocycles. The molecule has 62 valence electrons. The van der Waals surface area contributed by atoms with E-state index in [-0.39, 0.29) is 6.61 Å². The van der Waals surface area contributed by atoms with Gasteiger partial charge in [-0.25, -0.2) is 5.01 Å². The highest BCUT2D eigenvalue weighted by Gasteiger charge is 2.04. The maximum Gasteiger partial charge on any atom is 0.0673 e. The van der Waals surface area contributed by atoms with Gasteiger partial charge in [-0.3, -0.25) is 4.84 Å². The van der Waals surface area contributed by atoms with E-state index in [0.29, 0.717) is 13.2 Å². The van der Waals surface area contributed by atoms with E-state index in [1.54, 1.807) is 10.2 Å². The molecule has 0 unspecified atom stereocenters. The van der Waals surface area contributed by atoms with Crippen LogP contribution in [-0.4, -0.2) is 49.1 Å². The van der Waals surface area contributed by atoms with Crippen LogP contribution in [0.25, 0.3) is 0 Å². The Morgan fingerprint density at radius 3 is 2.30 bits per heavy atom. The molecule has 0 fully saturated rings. The van der Waals surface area contributed by atoms with E-state index in [4.69, 9.17) is 9.94 Å². The van der Waals surface area contributed by atoms with E-state index in [0.717, 1.165) is 0 Å². The normalized spacial score (nSPS) is 11.4. The first kappa shape index (κ1) is 9.84. The summed E-state index contributed by atoms with van der Waals surface area (Å²) in [4.78, 5) is 5.14. The van der Waals surface area contributed by atoms with Crippen LogP contribution in [0, 0.1) is 0 Å². The lowest BCUT2D eigenvalue weighted by atomic mass is 10.7. The molecule has 0 aliphatic heterocycles. The molecule has 0 bridgehead atoms. The van der Waals surface area contributed by atoms with Crippen LogP contribution in [-0.2, 0) is 4.84 Å². The van der Waals surface area contributed by atoms with Gasteiger partial charge in [0.1, 0.15) is 0 Å². The van der Waals surface area contributed by atoms with Gasteiger partial charge in [-0.2, -0.15) is 0 Å². The molecular formula is C6H16N2O2. The summed E-state index contributed by atoms with van der Waals surface area (Å²) in [6, 6.07) is 0. The van der Waals surface area contributed by atoms with Crippen molar-refractivity contribution in [1.82, 2.24) is 10.2 Å². The first-order valence-corrected chi connectivity index (χ1v) is 3.41. The molecule has 4 heteroatoms. The fraction of sp³-hybridized carbons (Fsp3) is 1.00. The Labute approximate surface area is 61.9 Å². The topological polar surface area (TPSA) is 35.9 Å². The number of hydrogen-bond acceptors (Lipinski definition) is 4. The number of rotatable bonds is 5. The molecule has 0 heterocycles. The van der Waals surface area contributed by atoms with E-state index in [2.05, 4.69) is 0 Å². The molecular weight excluding hydrogens is 132 g/mol. The van der Waals surface area contributed by atoms with Gasteiger partial charge in [0.15, 0.2) is 0 Å². The van der Waals surface area contributed by atoms with E-state index >= 15 is 0 Å². The van der Waals surface area contributed by atoms with Gasteiger partial charge in [-0.1, -0.05) is 0 Å². The number of nitrogens with zero attached hydrogens (tertiary/aromatic N) is 2. The second kappa shape index (κ2) is 5.61. The first-order valence-electron chi connectivity index (χ1n) is 3.41. The lowest BCUT2D eigenvalue weighted by Crippen LogP contribution is -2.38. The van der Waals surface area contributed by atoms with Crippen molar-refractivity contribution in [3.63, 3.8) is 0 Å². The van der Waals surface area contributed by atoms with Gasteiger partial charge in [-0.05, 0) is 6.92 Å². The molecule has 0 aromatic carbocycles. The Hall–Kier alpha value is -0.160. The Bertz CT molecular complexity index is 72.1. The maximum atomic E-state index is 8.56. The quantitative estimate of drug-likeness (QED) is 0.543. The van der Waals surface area contributed by atoms with Crippen molar-refractivity contribution >= 4 is 0 Å². The molecule has 0 aliphatic rings. The monoisotopic (exact) mass is 148 g/mol. The third-order valence-corrected chi connectivity index (χ3v) is 1.02. The van der Waals surface area contributed by atoms with Crippen molar-refractivity contribution in [3.05, 3.63) is 0 Å². The van der Waals surface area contributed by atoms with Crippen molar-refractivity contribution in [3.8, 4) is 0 Å². The van der Waals surface area contributed by atoms with E-state index in [9.17, 15) is 0 Å². The van der Waals surface area contributed by atoms with Gasteiger partial charge >= 0.3 is 0 Å². The third kappa shape index (κ3) is 3.79. The Morgan fingerprint density at radius 2 is 2.00 bits per heavy atom. The second-order valence-corrected chi connectivity index (χ2v) is 2.06. The SMILES string of the molecule is CCON(CCO)N(C)C. The maximum absolute atomic E-state index is 8.56. The van der Waals surface area contributed by atoms with Gasteiger partial charge in [0.2, 0.25) is 0 Å². The number of hydroxylamine groups is 1. The lowest BCUT2D eigenvalue weighted by molar-refractivity contribution is -0.267. The van der Waals surface area contributed by atoms with Gasteiger partial charge in [0.25, 0.3) is 0 Å². The molecule has 0 radical (unpaired) electrons. The minimum atomic E-state index is 0.109. The molecule has 0 rings (SSSR count). The molecule has 0 aromatic heterocycles. The number of aliphatic hydroxyl groups excluding tert-OH is 1.